The van der Waals surface area contributed by atoms with Crippen LogP contribution in [0.1, 0.15) is 18.1 Å². The molecular formula is C18H21BrN2O3S. The Morgan fingerprint density at radius 3 is 2.24 bits per heavy atom. The molecule has 1 amide bonds. The Balaban J connectivity index is 2.36. The second kappa shape index (κ2) is 7.58. The van der Waals surface area contributed by atoms with Crippen molar-refractivity contribution in [3.05, 3.63) is 58.1 Å². The van der Waals surface area contributed by atoms with Crippen molar-refractivity contribution < 1.29 is 13.2 Å². The zero-order valence-electron chi connectivity index (χ0n) is 14.6. The molecule has 0 fully saturated rings. The smallest absolute Gasteiger partial charge is 0.247 e. The predicted molar refractivity (Wildman–Crippen MR) is 105 cm³/mol. The summed E-state index contributed by atoms with van der Waals surface area (Å²) in [6.45, 7) is 5.36. The lowest BCUT2D eigenvalue weighted by Crippen LogP contribution is -2.45. The fourth-order valence-electron chi connectivity index (χ4n) is 2.70. The minimum absolute atomic E-state index is 0.400. The van der Waals surface area contributed by atoms with E-state index in [1.165, 1.54) is 0 Å². The van der Waals surface area contributed by atoms with E-state index in [9.17, 15) is 13.2 Å². The quantitative estimate of drug-likeness (QED) is 0.791. The highest BCUT2D eigenvalue weighted by molar-refractivity contribution is 9.10. The number of halogens is 1. The van der Waals surface area contributed by atoms with E-state index in [1.54, 1.807) is 37.3 Å². The molecule has 2 aromatic rings. The monoisotopic (exact) mass is 424 g/mol. The van der Waals surface area contributed by atoms with E-state index < -0.39 is 22.0 Å². The van der Waals surface area contributed by atoms with Gasteiger partial charge in [0, 0.05) is 10.2 Å². The molecule has 2 rings (SSSR count). The summed E-state index contributed by atoms with van der Waals surface area (Å²) in [6.07, 6.45) is 1.10. The number of nitrogens with zero attached hydrogens (tertiary/aromatic N) is 1. The van der Waals surface area contributed by atoms with E-state index >= 15 is 0 Å². The van der Waals surface area contributed by atoms with Gasteiger partial charge in [0.2, 0.25) is 15.9 Å². The molecule has 0 radical (unpaired) electrons. The van der Waals surface area contributed by atoms with Gasteiger partial charge < -0.3 is 5.32 Å². The molecular weight excluding hydrogens is 404 g/mol. The van der Waals surface area contributed by atoms with Crippen LogP contribution < -0.4 is 9.62 Å². The third kappa shape index (κ3) is 5.06. The number of hydrogen-bond donors (Lipinski definition) is 1. The number of carbonyl (C=O) groups excluding carboxylic acids is 1. The molecule has 0 saturated carbocycles. The van der Waals surface area contributed by atoms with Gasteiger partial charge in [0.25, 0.3) is 0 Å². The Labute approximate surface area is 157 Å². The van der Waals surface area contributed by atoms with E-state index in [2.05, 4.69) is 21.2 Å². The standard InChI is InChI=1S/C18H21BrN2O3S/c1-12-8-13(2)10-17(9-12)21(25(4,23)24)14(3)18(22)20-16-7-5-6-15(19)11-16/h5-11,14H,1-4H3,(H,20,22). The highest BCUT2D eigenvalue weighted by atomic mass is 79.9. The molecule has 0 spiro atoms. The first-order chi connectivity index (χ1) is 11.6. The van der Waals surface area contributed by atoms with Crippen molar-refractivity contribution >= 4 is 43.2 Å². The maximum Gasteiger partial charge on any atom is 0.247 e. The molecule has 25 heavy (non-hydrogen) atoms. The second-order valence-electron chi connectivity index (χ2n) is 6.08. The van der Waals surface area contributed by atoms with Gasteiger partial charge in [0.05, 0.1) is 11.9 Å². The van der Waals surface area contributed by atoms with Crippen LogP contribution in [0.3, 0.4) is 0 Å². The van der Waals surface area contributed by atoms with Gasteiger partial charge in [-0.3, -0.25) is 9.10 Å². The van der Waals surface area contributed by atoms with Crippen molar-refractivity contribution in [2.45, 2.75) is 26.8 Å². The normalized spacial score (nSPS) is 12.5. The molecule has 5 nitrogen and oxygen atoms in total. The van der Waals surface area contributed by atoms with E-state index in [-0.39, 0.29) is 0 Å². The average Bonchev–Trinajstić information content (AvgIpc) is 2.44. The van der Waals surface area contributed by atoms with Crippen molar-refractivity contribution in [3.63, 3.8) is 0 Å². The van der Waals surface area contributed by atoms with Crippen LogP contribution in [0.25, 0.3) is 0 Å². The van der Waals surface area contributed by atoms with Gasteiger partial charge in [0.15, 0.2) is 0 Å². The number of aryl methyl sites for hydroxylation is 2. The van der Waals surface area contributed by atoms with Crippen molar-refractivity contribution in [3.8, 4) is 0 Å². The van der Waals surface area contributed by atoms with E-state index in [1.807, 2.05) is 26.0 Å². The predicted octanol–water partition coefficient (Wildman–Crippen LogP) is 3.86. The Morgan fingerprint density at radius 1 is 1.12 bits per heavy atom. The molecule has 1 N–H and O–H groups in total. The number of rotatable bonds is 5. The summed E-state index contributed by atoms with van der Waals surface area (Å²) < 4.78 is 26.7. The van der Waals surface area contributed by atoms with Crippen molar-refractivity contribution in [1.82, 2.24) is 0 Å². The van der Waals surface area contributed by atoms with Crippen LogP contribution in [0.4, 0.5) is 11.4 Å². The second-order valence-corrected chi connectivity index (χ2v) is 8.86. The summed E-state index contributed by atoms with van der Waals surface area (Å²) >= 11 is 3.34. The van der Waals surface area contributed by atoms with E-state index in [4.69, 9.17) is 0 Å². The Bertz CT molecular complexity index is 877. The topological polar surface area (TPSA) is 66.5 Å². The molecule has 0 bridgehead atoms. The number of nitrogens with one attached hydrogen (secondary N) is 1. The van der Waals surface area contributed by atoms with Crippen LogP contribution >= 0.6 is 15.9 Å². The molecule has 1 unspecified atom stereocenters. The molecule has 0 aliphatic carbocycles. The van der Waals surface area contributed by atoms with Gasteiger partial charge >= 0.3 is 0 Å². The SMILES string of the molecule is Cc1cc(C)cc(N(C(C)C(=O)Nc2cccc(Br)c2)S(C)(=O)=O)c1. The molecule has 1 atom stereocenters. The maximum atomic E-state index is 12.6. The summed E-state index contributed by atoms with van der Waals surface area (Å²) in [5, 5.41) is 2.76. The van der Waals surface area contributed by atoms with Crippen LogP contribution in [0, 0.1) is 13.8 Å². The number of hydrogen-bond acceptors (Lipinski definition) is 3. The van der Waals surface area contributed by atoms with Crippen molar-refractivity contribution in [2.24, 2.45) is 0 Å². The van der Waals surface area contributed by atoms with E-state index in [0.29, 0.717) is 11.4 Å². The number of carbonyl (C=O) groups is 1. The lowest BCUT2D eigenvalue weighted by molar-refractivity contribution is -0.116. The van der Waals surface area contributed by atoms with Crippen LogP contribution in [0.5, 0.6) is 0 Å². The molecule has 0 aliphatic rings. The Kier molecular flexibility index (Phi) is 5.90. The molecule has 2 aromatic carbocycles. The van der Waals surface area contributed by atoms with Gasteiger partial charge in [-0.15, -0.1) is 0 Å². The summed E-state index contributed by atoms with van der Waals surface area (Å²) in [5.74, 6) is -0.400. The number of amides is 1. The molecule has 7 heteroatoms. The molecule has 0 saturated heterocycles. The first kappa shape index (κ1) is 19.5. The van der Waals surface area contributed by atoms with Gasteiger partial charge in [-0.2, -0.15) is 0 Å². The fraction of sp³-hybridized carbons (Fsp3) is 0.278. The molecule has 0 heterocycles. The molecule has 0 aromatic heterocycles. The third-order valence-electron chi connectivity index (χ3n) is 3.64. The third-order valence-corrected chi connectivity index (χ3v) is 5.38. The fourth-order valence-corrected chi connectivity index (χ4v) is 4.26. The van der Waals surface area contributed by atoms with Crippen LogP contribution in [0.2, 0.25) is 0 Å². The van der Waals surface area contributed by atoms with Crippen molar-refractivity contribution in [2.75, 3.05) is 15.9 Å². The summed E-state index contributed by atoms with van der Waals surface area (Å²) in [6, 6.07) is 11.7. The van der Waals surface area contributed by atoms with Crippen molar-refractivity contribution in [1.29, 1.82) is 0 Å². The maximum absolute atomic E-state index is 12.6. The highest BCUT2D eigenvalue weighted by Gasteiger charge is 2.29. The lowest BCUT2D eigenvalue weighted by atomic mass is 10.1. The van der Waals surface area contributed by atoms with Crippen LogP contribution in [-0.2, 0) is 14.8 Å². The number of benzene rings is 2. The van der Waals surface area contributed by atoms with Crippen LogP contribution in [0.15, 0.2) is 46.9 Å². The summed E-state index contributed by atoms with van der Waals surface area (Å²) in [7, 11) is -3.63. The van der Waals surface area contributed by atoms with Gasteiger partial charge in [-0.05, 0) is 62.2 Å². The average molecular weight is 425 g/mol. The number of anilines is 2. The summed E-state index contributed by atoms with van der Waals surface area (Å²) in [4.78, 5) is 12.6. The van der Waals surface area contributed by atoms with Crippen LogP contribution in [-0.4, -0.2) is 26.6 Å². The minimum atomic E-state index is -3.63. The summed E-state index contributed by atoms with van der Waals surface area (Å²) in [5.41, 5.74) is 2.95. The Hall–Kier alpha value is -1.86. The molecule has 0 aliphatic heterocycles. The zero-order valence-corrected chi connectivity index (χ0v) is 17.0. The first-order valence-electron chi connectivity index (χ1n) is 7.72. The minimum Gasteiger partial charge on any atom is -0.324 e. The van der Waals surface area contributed by atoms with Gasteiger partial charge in [-0.1, -0.05) is 28.1 Å². The largest absolute Gasteiger partial charge is 0.324 e. The van der Waals surface area contributed by atoms with E-state index in [0.717, 1.165) is 26.2 Å². The van der Waals surface area contributed by atoms with Gasteiger partial charge in [-0.25, -0.2) is 8.42 Å². The number of sulfonamides is 1. The Morgan fingerprint density at radius 2 is 1.72 bits per heavy atom. The van der Waals surface area contributed by atoms with Gasteiger partial charge in [0.1, 0.15) is 6.04 Å². The molecule has 134 valence electrons. The highest BCUT2D eigenvalue weighted by Crippen LogP contribution is 2.24. The first-order valence-corrected chi connectivity index (χ1v) is 10.4. The zero-order chi connectivity index (χ0) is 18.8. The lowest BCUT2D eigenvalue weighted by Gasteiger charge is -2.28.